The van der Waals surface area contributed by atoms with E-state index in [9.17, 15) is 4.79 Å². The number of carboxylic acid groups (broad SMARTS) is 1. The van der Waals surface area contributed by atoms with Crippen molar-refractivity contribution in [2.45, 2.75) is 26.7 Å². The molecular weight excluding hydrogens is 224 g/mol. The third-order valence-electron chi connectivity index (χ3n) is 2.00. The Balaban J connectivity index is 0.000000181. The van der Waals surface area contributed by atoms with Crippen LogP contribution in [0.25, 0.3) is 0 Å². The number of carbonyl (C=O) groups is 1. The zero-order chi connectivity index (χ0) is 12.7. The molecule has 0 aliphatic rings. The van der Waals surface area contributed by atoms with Crippen molar-refractivity contribution < 1.29 is 18.7 Å². The van der Waals surface area contributed by atoms with E-state index < -0.39 is 5.97 Å². The number of oxazole rings is 2. The second-order valence-corrected chi connectivity index (χ2v) is 3.10. The Labute approximate surface area is 98.3 Å². The molecule has 92 valence electrons. The highest BCUT2D eigenvalue weighted by atomic mass is 16.4. The van der Waals surface area contributed by atoms with Gasteiger partial charge in [-0.2, -0.15) is 0 Å². The lowest BCUT2D eigenvalue weighted by molar-refractivity contribution is 0.0689. The van der Waals surface area contributed by atoms with Gasteiger partial charge in [-0.3, -0.25) is 0 Å². The highest BCUT2D eigenvalue weighted by molar-refractivity contribution is 5.86. The lowest BCUT2D eigenvalue weighted by Crippen LogP contribution is -1.99. The second-order valence-electron chi connectivity index (χ2n) is 3.10. The summed E-state index contributed by atoms with van der Waals surface area (Å²) in [5.41, 5.74) is 0.0162. The van der Waals surface area contributed by atoms with E-state index in [0.29, 0.717) is 12.2 Å². The molecule has 0 aliphatic carbocycles. The van der Waals surface area contributed by atoms with Crippen LogP contribution >= 0.6 is 0 Å². The summed E-state index contributed by atoms with van der Waals surface area (Å²) in [6.45, 7) is 3.84. The van der Waals surface area contributed by atoms with E-state index in [1.807, 2.05) is 13.8 Å². The number of nitrogens with zero attached hydrogens (tertiary/aromatic N) is 2. The maximum Gasteiger partial charge on any atom is 0.358 e. The Morgan fingerprint density at radius 3 is 2.41 bits per heavy atom. The summed E-state index contributed by atoms with van der Waals surface area (Å²) in [7, 11) is 0. The first-order chi connectivity index (χ1) is 8.19. The van der Waals surface area contributed by atoms with Crippen LogP contribution < -0.4 is 0 Å². The second kappa shape index (κ2) is 6.47. The summed E-state index contributed by atoms with van der Waals surface area (Å²) in [6.07, 6.45) is 5.79. The van der Waals surface area contributed by atoms with Gasteiger partial charge in [0.05, 0.1) is 6.20 Å². The number of aromatic nitrogens is 2. The molecule has 0 aromatic carbocycles. The highest BCUT2D eigenvalue weighted by Gasteiger charge is 2.12. The van der Waals surface area contributed by atoms with E-state index in [2.05, 4.69) is 9.97 Å². The normalized spacial score (nSPS) is 9.53. The van der Waals surface area contributed by atoms with Gasteiger partial charge in [-0.15, -0.1) is 0 Å². The van der Waals surface area contributed by atoms with Crippen molar-refractivity contribution in [3.63, 3.8) is 0 Å². The highest BCUT2D eigenvalue weighted by Crippen LogP contribution is 2.06. The van der Waals surface area contributed by atoms with Crippen LogP contribution in [0.15, 0.2) is 27.8 Å². The van der Waals surface area contributed by atoms with Crippen molar-refractivity contribution in [3.05, 3.63) is 36.2 Å². The molecule has 1 N–H and O–H groups in total. The van der Waals surface area contributed by atoms with E-state index in [1.165, 1.54) is 6.39 Å². The minimum Gasteiger partial charge on any atom is -0.476 e. The quantitative estimate of drug-likeness (QED) is 0.881. The molecule has 0 spiro atoms. The van der Waals surface area contributed by atoms with Crippen LogP contribution in [-0.4, -0.2) is 21.0 Å². The van der Waals surface area contributed by atoms with Gasteiger partial charge in [0.25, 0.3) is 0 Å². The van der Waals surface area contributed by atoms with Gasteiger partial charge < -0.3 is 13.9 Å². The van der Waals surface area contributed by atoms with E-state index in [0.717, 1.165) is 18.6 Å². The molecule has 6 nitrogen and oxygen atoms in total. The Hall–Kier alpha value is -2.11. The number of aromatic carboxylic acids is 1. The van der Waals surface area contributed by atoms with Crippen LogP contribution in [0, 0.1) is 0 Å². The molecule has 0 aliphatic heterocycles. The molecule has 0 saturated heterocycles. The molecule has 17 heavy (non-hydrogen) atoms. The number of rotatable bonds is 3. The summed E-state index contributed by atoms with van der Waals surface area (Å²) in [5, 5.41) is 8.46. The summed E-state index contributed by atoms with van der Waals surface area (Å²) in [5.74, 6) is 0.332. The van der Waals surface area contributed by atoms with Gasteiger partial charge in [0.2, 0.25) is 0 Å². The lowest BCUT2D eigenvalue weighted by atomic mass is 10.3. The summed E-state index contributed by atoms with van der Waals surface area (Å²) >= 11 is 0. The molecule has 0 atom stereocenters. The van der Waals surface area contributed by atoms with Crippen molar-refractivity contribution in [2.24, 2.45) is 0 Å². The molecule has 2 aromatic rings. The van der Waals surface area contributed by atoms with Crippen LogP contribution in [0.4, 0.5) is 0 Å². The van der Waals surface area contributed by atoms with Crippen molar-refractivity contribution in [1.29, 1.82) is 0 Å². The average Bonchev–Trinajstić information content (AvgIpc) is 3.00. The van der Waals surface area contributed by atoms with Crippen molar-refractivity contribution in [1.82, 2.24) is 9.97 Å². The van der Waals surface area contributed by atoms with Gasteiger partial charge in [-0.1, -0.05) is 13.8 Å². The van der Waals surface area contributed by atoms with Crippen molar-refractivity contribution in [3.8, 4) is 0 Å². The monoisotopic (exact) mass is 238 g/mol. The molecule has 0 fully saturated rings. The largest absolute Gasteiger partial charge is 0.476 e. The summed E-state index contributed by atoms with van der Waals surface area (Å²) < 4.78 is 9.65. The van der Waals surface area contributed by atoms with Crippen LogP contribution in [0.5, 0.6) is 0 Å². The molecule has 0 amide bonds. The Bertz CT molecular complexity index is 448. The number of carboxylic acids is 1. The fourth-order valence-electron chi connectivity index (χ4n) is 1.11. The lowest BCUT2D eigenvalue weighted by Gasteiger charge is -1.88. The number of hydrogen-bond donors (Lipinski definition) is 1. The minimum absolute atomic E-state index is 0.0162. The fourth-order valence-corrected chi connectivity index (χ4v) is 1.11. The third kappa shape index (κ3) is 3.75. The van der Waals surface area contributed by atoms with E-state index >= 15 is 0 Å². The average molecular weight is 238 g/mol. The van der Waals surface area contributed by atoms with Crippen LogP contribution in [0.2, 0.25) is 0 Å². The van der Waals surface area contributed by atoms with Crippen molar-refractivity contribution >= 4 is 5.97 Å². The van der Waals surface area contributed by atoms with Gasteiger partial charge in [0.1, 0.15) is 11.5 Å². The Morgan fingerprint density at radius 2 is 2.06 bits per heavy atom. The first-order valence-electron chi connectivity index (χ1n) is 5.22. The zero-order valence-corrected chi connectivity index (χ0v) is 9.71. The molecule has 0 unspecified atom stereocenters. The predicted octanol–water partition coefficient (Wildman–Crippen LogP) is 2.17. The maximum atomic E-state index is 10.3. The Kier molecular flexibility index (Phi) is 4.93. The molecule has 2 heterocycles. The van der Waals surface area contributed by atoms with E-state index in [1.54, 1.807) is 6.20 Å². The van der Waals surface area contributed by atoms with Gasteiger partial charge in [0, 0.05) is 12.8 Å². The molecule has 2 rings (SSSR count). The summed E-state index contributed by atoms with van der Waals surface area (Å²) in [6, 6.07) is 0. The van der Waals surface area contributed by atoms with E-state index in [-0.39, 0.29) is 5.69 Å². The minimum atomic E-state index is -1.04. The van der Waals surface area contributed by atoms with Gasteiger partial charge in [0.15, 0.2) is 18.5 Å². The van der Waals surface area contributed by atoms with Gasteiger partial charge in [-0.05, 0) is 0 Å². The smallest absolute Gasteiger partial charge is 0.358 e. The van der Waals surface area contributed by atoms with Crippen molar-refractivity contribution in [2.75, 3.05) is 0 Å². The van der Waals surface area contributed by atoms with Gasteiger partial charge >= 0.3 is 5.97 Å². The predicted molar refractivity (Wildman–Crippen MR) is 58.7 cm³/mol. The van der Waals surface area contributed by atoms with Crippen LogP contribution in [0.1, 0.15) is 35.9 Å². The first kappa shape index (κ1) is 13.0. The molecule has 0 saturated carbocycles. The maximum absolute atomic E-state index is 10.3. The van der Waals surface area contributed by atoms with E-state index in [4.69, 9.17) is 13.9 Å². The third-order valence-corrected chi connectivity index (χ3v) is 2.00. The molecule has 6 heteroatoms. The fraction of sp³-hybridized carbons (Fsp3) is 0.364. The molecular formula is C11H14N2O4. The number of hydrogen-bond acceptors (Lipinski definition) is 5. The Morgan fingerprint density at radius 1 is 1.29 bits per heavy atom. The standard InChI is InChI=1S/C6H7NO3.C5H7NO/c1-2-4-5(6(8)9)7-3-10-4;1-2-5-3-6-4-7-5/h3H,2H2,1H3,(H,8,9);3-4H,2H2,1H3. The molecule has 0 radical (unpaired) electrons. The molecule has 0 bridgehead atoms. The van der Waals surface area contributed by atoms with Gasteiger partial charge in [-0.25, -0.2) is 14.8 Å². The first-order valence-corrected chi connectivity index (χ1v) is 5.22. The number of aryl methyl sites for hydroxylation is 2. The van der Waals surface area contributed by atoms with Crippen LogP contribution in [0.3, 0.4) is 0 Å². The topological polar surface area (TPSA) is 89.4 Å². The molecule has 2 aromatic heterocycles. The SMILES string of the molecule is CCc1cnco1.CCc1ocnc1C(=O)O. The summed E-state index contributed by atoms with van der Waals surface area (Å²) in [4.78, 5) is 17.6. The van der Waals surface area contributed by atoms with Crippen LogP contribution in [-0.2, 0) is 12.8 Å². The zero-order valence-electron chi connectivity index (χ0n) is 9.71.